The van der Waals surface area contributed by atoms with Crippen molar-refractivity contribution in [3.8, 4) is 0 Å². The number of rotatable bonds is 6. The summed E-state index contributed by atoms with van der Waals surface area (Å²) < 4.78 is 12.9. The molecule has 1 heterocycles. The molecular formula is C17H23FN2O2. The molecular weight excluding hydrogens is 283 g/mol. The van der Waals surface area contributed by atoms with Crippen LogP contribution in [0, 0.1) is 11.7 Å². The Morgan fingerprint density at radius 2 is 2.05 bits per heavy atom. The summed E-state index contributed by atoms with van der Waals surface area (Å²) in [4.78, 5) is 13.7. The summed E-state index contributed by atoms with van der Waals surface area (Å²) in [5.74, 6) is -0.147. The van der Waals surface area contributed by atoms with Crippen LogP contribution >= 0.6 is 0 Å². The molecule has 1 aromatic rings. The molecule has 1 unspecified atom stereocenters. The summed E-state index contributed by atoms with van der Waals surface area (Å²) in [5.41, 5.74) is 0.753. The Bertz CT molecular complexity index is 496. The number of likely N-dealkylation sites (tertiary alicyclic amines) is 1. The van der Waals surface area contributed by atoms with Crippen LogP contribution in [0.2, 0.25) is 0 Å². The van der Waals surface area contributed by atoms with Gasteiger partial charge in [-0.15, -0.1) is 6.58 Å². The highest BCUT2D eigenvalue weighted by Gasteiger charge is 2.26. The van der Waals surface area contributed by atoms with E-state index in [0.29, 0.717) is 13.1 Å². The van der Waals surface area contributed by atoms with Crippen molar-refractivity contribution >= 4 is 5.91 Å². The minimum Gasteiger partial charge on any atom is -0.388 e. The van der Waals surface area contributed by atoms with Gasteiger partial charge in [0.25, 0.3) is 0 Å². The molecule has 0 bridgehead atoms. The van der Waals surface area contributed by atoms with Crippen molar-refractivity contribution in [2.75, 3.05) is 26.2 Å². The van der Waals surface area contributed by atoms with Crippen LogP contribution in [-0.4, -0.2) is 42.1 Å². The van der Waals surface area contributed by atoms with Crippen molar-refractivity contribution in [3.05, 3.63) is 48.3 Å². The zero-order valence-electron chi connectivity index (χ0n) is 12.7. The molecule has 1 aliphatic rings. The largest absolute Gasteiger partial charge is 0.388 e. The Labute approximate surface area is 130 Å². The zero-order chi connectivity index (χ0) is 15.9. The van der Waals surface area contributed by atoms with Gasteiger partial charge in [-0.2, -0.15) is 0 Å². The number of hydrogen-bond acceptors (Lipinski definition) is 3. The molecule has 1 fully saturated rings. The maximum Gasteiger partial charge on any atom is 0.234 e. The normalized spacial score (nSPS) is 17.9. The van der Waals surface area contributed by atoms with E-state index in [0.717, 1.165) is 31.5 Å². The molecule has 4 nitrogen and oxygen atoms in total. The van der Waals surface area contributed by atoms with Gasteiger partial charge in [-0.3, -0.25) is 9.69 Å². The minimum atomic E-state index is -0.572. The van der Waals surface area contributed by atoms with Gasteiger partial charge in [0.15, 0.2) is 0 Å². The maximum absolute atomic E-state index is 12.9. The topological polar surface area (TPSA) is 52.6 Å². The third kappa shape index (κ3) is 4.64. The lowest BCUT2D eigenvalue weighted by Crippen LogP contribution is -2.42. The summed E-state index contributed by atoms with van der Waals surface area (Å²) in [5, 5.41) is 13.2. The molecule has 1 atom stereocenters. The summed E-state index contributed by atoms with van der Waals surface area (Å²) in [6, 6.07) is 6.01. The van der Waals surface area contributed by atoms with E-state index < -0.39 is 6.10 Å². The smallest absolute Gasteiger partial charge is 0.234 e. The first-order valence-corrected chi connectivity index (χ1v) is 7.63. The van der Waals surface area contributed by atoms with E-state index in [-0.39, 0.29) is 17.6 Å². The number of carbonyl (C=O) groups excluding carboxylic acids is 1. The van der Waals surface area contributed by atoms with Gasteiger partial charge in [0.05, 0.1) is 12.6 Å². The highest BCUT2D eigenvalue weighted by Crippen LogP contribution is 2.30. The minimum absolute atomic E-state index is 0.00238. The average Bonchev–Trinajstić information content (AvgIpc) is 2.54. The monoisotopic (exact) mass is 306 g/mol. The number of amides is 1. The second kappa shape index (κ2) is 8.06. The Morgan fingerprint density at radius 3 is 2.64 bits per heavy atom. The molecule has 1 aliphatic heterocycles. The highest BCUT2D eigenvalue weighted by atomic mass is 19.1. The Kier molecular flexibility index (Phi) is 6.10. The second-order valence-electron chi connectivity index (χ2n) is 5.70. The van der Waals surface area contributed by atoms with E-state index >= 15 is 0 Å². The number of carbonyl (C=O) groups is 1. The van der Waals surface area contributed by atoms with Crippen molar-refractivity contribution in [3.63, 3.8) is 0 Å². The van der Waals surface area contributed by atoms with Gasteiger partial charge in [-0.1, -0.05) is 18.2 Å². The molecule has 120 valence electrons. The van der Waals surface area contributed by atoms with Crippen molar-refractivity contribution in [2.45, 2.75) is 18.9 Å². The van der Waals surface area contributed by atoms with Gasteiger partial charge in [-0.25, -0.2) is 4.39 Å². The highest BCUT2D eigenvalue weighted by molar-refractivity contribution is 5.78. The van der Waals surface area contributed by atoms with E-state index in [2.05, 4.69) is 16.8 Å². The molecule has 5 heteroatoms. The molecule has 0 spiro atoms. The fourth-order valence-corrected chi connectivity index (χ4v) is 2.80. The van der Waals surface area contributed by atoms with E-state index in [1.54, 1.807) is 18.2 Å². The quantitative estimate of drug-likeness (QED) is 0.789. The van der Waals surface area contributed by atoms with Crippen LogP contribution in [0.5, 0.6) is 0 Å². The van der Waals surface area contributed by atoms with Crippen LogP contribution in [0.15, 0.2) is 36.9 Å². The first-order valence-electron chi connectivity index (χ1n) is 7.63. The van der Waals surface area contributed by atoms with Crippen molar-refractivity contribution in [1.29, 1.82) is 0 Å². The van der Waals surface area contributed by atoms with E-state index in [4.69, 9.17) is 0 Å². The molecule has 2 rings (SSSR count). The molecule has 0 saturated carbocycles. The van der Waals surface area contributed by atoms with Gasteiger partial charge >= 0.3 is 0 Å². The number of aliphatic hydroxyl groups excluding tert-OH is 1. The SMILES string of the molecule is C=CCNC(=O)CN1CCC(C(O)c2ccc(F)cc2)CC1. The van der Waals surface area contributed by atoms with Gasteiger partial charge in [-0.05, 0) is 49.5 Å². The average molecular weight is 306 g/mol. The van der Waals surface area contributed by atoms with E-state index in [1.807, 2.05) is 0 Å². The summed E-state index contributed by atoms with van der Waals surface area (Å²) in [6.07, 6.45) is 2.74. The molecule has 1 amide bonds. The fourth-order valence-electron chi connectivity index (χ4n) is 2.80. The predicted octanol–water partition coefficient (Wildman–Crippen LogP) is 1.87. The van der Waals surface area contributed by atoms with E-state index in [1.165, 1.54) is 12.1 Å². The van der Waals surface area contributed by atoms with Crippen LogP contribution < -0.4 is 5.32 Å². The van der Waals surface area contributed by atoms with Crippen LogP contribution in [0.3, 0.4) is 0 Å². The number of piperidine rings is 1. The third-order valence-electron chi connectivity index (χ3n) is 4.10. The molecule has 0 aliphatic carbocycles. The number of hydrogen-bond donors (Lipinski definition) is 2. The zero-order valence-corrected chi connectivity index (χ0v) is 12.7. The van der Waals surface area contributed by atoms with Gasteiger partial charge in [0.2, 0.25) is 5.91 Å². The molecule has 1 aromatic carbocycles. The van der Waals surface area contributed by atoms with Crippen LogP contribution in [-0.2, 0) is 4.79 Å². The molecule has 1 saturated heterocycles. The van der Waals surface area contributed by atoms with Crippen LogP contribution in [0.1, 0.15) is 24.5 Å². The summed E-state index contributed by atoms with van der Waals surface area (Å²) >= 11 is 0. The molecule has 22 heavy (non-hydrogen) atoms. The maximum atomic E-state index is 12.9. The lowest BCUT2D eigenvalue weighted by molar-refractivity contribution is -0.122. The Morgan fingerprint density at radius 1 is 1.41 bits per heavy atom. The van der Waals surface area contributed by atoms with Gasteiger partial charge in [0, 0.05) is 6.54 Å². The number of aliphatic hydroxyl groups is 1. The predicted molar refractivity (Wildman–Crippen MR) is 83.7 cm³/mol. The standard InChI is InChI=1S/C17H23FN2O2/c1-2-9-19-16(21)12-20-10-7-14(8-11-20)17(22)13-3-5-15(18)6-4-13/h2-6,14,17,22H,1,7-12H2,(H,19,21). The molecule has 0 aromatic heterocycles. The first kappa shape index (κ1) is 16.6. The van der Waals surface area contributed by atoms with Crippen molar-refractivity contribution < 1.29 is 14.3 Å². The van der Waals surface area contributed by atoms with Crippen LogP contribution in [0.4, 0.5) is 4.39 Å². The van der Waals surface area contributed by atoms with Crippen LogP contribution in [0.25, 0.3) is 0 Å². The van der Waals surface area contributed by atoms with Gasteiger partial charge in [0.1, 0.15) is 5.82 Å². The molecule has 0 radical (unpaired) electrons. The fraction of sp³-hybridized carbons (Fsp3) is 0.471. The Hall–Kier alpha value is -1.72. The summed E-state index contributed by atoms with van der Waals surface area (Å²) in [6.45, 7) is 5.99. The number of halogens is 1. The lowest BCUT2D eigenvalue weighted by atomic mass is 9.87. The van der Waals surface area contributed by atoms with Gasteiger partial charge < -0.3 is 10.4 Å². The first-order chi connectivity index (χ1) is 10.6. The van der Waals surface area contributed by atoms with Crippen molar-refractivity contribution in [2.24, 2.45) is 5.92 Å². The molecule has 2 N–H and O–H groups in total. The third-order valence-corrected chi connectivity index (χ3v) is 4.10. The second-order valence-corrected chi connectivity index (χ2v) is 5.70. The van der Waals surface area contributed by atoms with E-state index in [9.17, 15) is 14.3 Å². The number of benzene rings is 1. The summed E-state index contributed by atoms with van der Waals surface area (Å²) in [7, 11) is 0. The lowest BCUT2D eigenvalue weighted by Gasteiger charge is -2.33. The number of nitrogens with one attached hydrogen (secondary N) is 1. The van der Waals surface area contributed by atoms with Crippen molar-refractivity contribution in [1.82, 2.24) is 10.2 Å². The Balaban J connectivity index is 1.80. The number of nitrogens with zero attached hydrogens (tertiary/aromatic N) is 1.